The number of aliphatic hydroxyl groups excluding tert-OH is 1. The second-order valence-corrected chi connectivity index (χ2v) is 6.41. The fourth-order valence-corrected chi connectivity index (χ4v) is 3.22. The minimum Gasteiger partial charge on any atom is -0.392 e. The Bertz CT molecular complexity index is 502. The molecule has 1 aromatic carbocycles. The van der Waals surface area contributed by atoms with Crippen LogP contribution in [0.25, 0.3) is 0 Å². The van der Waals surface area contributed by atoms with Gasteiger partial charge in [0.15, 0.2) is 0 Å². The smallest absolute Gasteiger partial charge is 0.253 e. The molecule has 1 aliphatic heterocycles. The van der Waals surface area contributed by atoms with Crippen LogP contribution in [0.1, 0.15) is 48.5 Å². The zero-order valence-electron chi connectivity index (χ0n) is 14.0. The van der Waals surface area contributed by atoms with Crippen molar-refractivity contribution in [3.05, 3.63) is 35.4 Å². The highest BCUT2D eigenvalue weighted by atomic mass is 16.3. The van der Waals surface area contributed by atoms with Gasteiger partial charge in [0, 0.05) is 32.2 Å². The highest BCUT2D eigenvalue weighted by Crippen LogP contribution is 2.23. The average Bonchev–Trinajstić information content (AvgIpc) is 2.54. The van der Waals surface area contributed by atoms with E-state index in [0.29, 0.717) is 0 Å². The van der Waals surface area contributed by atoms with Gasteiger partial charge in [-0.1, -0.05) is 25.5 Å². The number of aliphatic hydroxyl groups is 1. The van der Waals surface area contributed by atoms with Gasteiger partial charge in [0.25, 0.3) is 5.91 Å². The van der Waals surface area contributed by atoms with Gasteiger partial charge in [-0.2, -0.15) is 0 Å². The van der Waals surface area contributed by atoms with Crippen molar-refractivity contribution in [3.8, 4) is 0 Å². The molecule has 1 fully saturated rings. The van der Waals surface area contributed by atoms with Crippen LogP contribution in [0.15, 0.2) is 24.3 Å². The third-order valence-electron chi connectivity index (χ3n) is 4.49. The van der Waals surface area contributed by atoms with E-state index in [1.807, 2.05) is 25.1 Å². The molecule has 0 saturated carbocycles. The van der Waals surface area contributed by atoms with Gasteiger partial charge in [-0.05, 0) is 43.5 Å². The predicted molar refractivity (Wildman–Crippen MR) is 88.8 cm³/mol. The van der Waals surface area contributed by atoms with E-state index in [4.69, 9.17) is 0 Å². The van der Waals surface area contributed by atoms with Crippen LogP contribution in [0.2, 0.25) is 0 Å². The van der Waals surface area contributed by atoms with E-state index in [0.717, 1.165) is 37.1 Å². The summed E-state index contributed by atoms with van der Waals surface area (Å²) in [6.45, 7) is 3.86. The molecule has 1 N–H and O–H groups in total. The zero-order chi connectivity index (χ0) is 16.1. The normalized spacial score (nSPS) is 20.6. The molecule has 0 aliphatic carbocycles. The summed E-state index contributed by atoms with van der Waals surface area (Å²) in [5.41, 5.74) is 1.87. The first kappa shape index (κ1) is 17.0. The lowest BCUT2D eigenvalue weighted by atomic mass is 9.95. The molecule has 4 heteroatoms. The monoisotopic (exact) mass is 304 g/mol. The molecule has 2 atom stereocenters. The summed E-state index contributed by atoms with van der Waals surface area (Å²) in [4.78, 5) is 16.1. The molecule has 1 saturated heterocycles. The predicted octanol–water partition coefficient (Wildman–Crippen LogP) is 2.51. The van der Waals surface area contributed by atoms with E-state index in [-0.39, 0.29) is 18.1 Å². The van der Waals surface area contributed by atoms with Crippen molar-refractivity contribution in [2.75, 3.05) is 20.6 Å². The average molecular weight is 304 g/mol. The standard InChI is InChI=1S/C18H28N2O2/c1-4-17(21)16-10-5-6-11-20(16)13-14-8-7-9-15(12-14)18(22)19(2)3/h7-9,12,16-17,21H,4-6,10-11,13H2,1-3H3. The Hall–Kier alpha value is -1.39. The lowest BCUT2D eigenvalue weighted by molar-refractivity contribution is 0.0195. The van der Waals surface area contributed by atoms with Crippen molar-refractivity contribution in [1.82, 2.24) is 9.80 Å². The first-order chi connectivity index (χ1) is 10.5. The first-order valence-electron chi connectivity index (χ1n) is 8.25. The maximum absolute atomic E-state index is 12.1. The van der Waals surface area contributed by atoms with Crippen molar-refractivity contribution in [2.45, 2.75) is 51.3 Å². The number of amides is 1. The molecule has 2 unspecified atom stereocenters. The van der Waals surface area contributed by atoms with Crippen LogP contribution >= 0.6 is 0 Å². The van der Waals surface area contributed by atoms with Gasteiger partial charge in [-0.15, -0.1) is 0 Å². The number of nitrogens with zero attached hydrogens (tertiary/aromatic N) is 2. The van der Waals surface area contributed by atoms with Crippen molar-refractivity contribution in [1.29, 1.82) is 0 Å². The Kier molecular flexibility index (Phi) is 5.98. The van der Waals surface area contributed by atoms with Gasteiger partial charge in [-0.3, -0.25) is 9.69 Å². The Labute approximate surface area is 133 Å². The van der Waals surface area contributed by atoms with Crippen LogP contribution in [0.3, 0.4) is 0 Å². The van der Waals surface area contributed by atoms with Gasteiger partial charge in [-0.25, -0.2) is 0 Å². The number of likely N-dealkylation sites (tertiary alicyclic amines) is 1. The summed E-state index contributed by atoms with van der Waals surface area (Å²) in [6, 6.07) is 8.09. The quantitative estimate of drug-likeness (QED) is 0.909. The molecule has 0 bridgehead atoms. The van der Waals surface area contributed by atoms with Crippen LogP contribution in [-0.2, 0) is 6.54 Å². The van der Waals surface area contributed by atoms with Crippen LogP contribution in [0, 0.1) is 0 Å². The molecule has 2 rings (SSSR count). The number of benzene rings is 1. The molecule has 0 aromatic heterocycles. The Morgan fingerprint density at radius 3 is 2.86 bits per heavy atom. The SMILES string of the molecule is CCC(O)C1CCCCN1Cc1cccc(C(=O)N(C)C)c1. The highest BCUT2D eigenvalue weighted by molar-refractivity contribution is 5.94. The fourth-order valence-electron chi connectivity index (χ4n) is 3.22. The largest absolute Gasteiger partial charge is 0.392 e. The Morgan fingerprint density at radius 1 is 1.41 bits per heavy atom. The van der Waals surface area contributed by atoms with Gasteiger partial charge in [0.2, 0.25) is 0 Å². The van der Waals surface area contributed by atoms with E-state index in [9.17, 15) is 9.90 Å². The number of carbonyl (C=O) groups is 1. The summed E-state index contributed by atoms with van der Waals surface area (Å²) in [5.74, 6) is 0.0330. The minimum atomic E-state index is -0.258. The van der Waals surface area contributed by atoms with Crippen LogP contribution in [0.5, 0.6) is 0 Å². The molecule has 1 amide bonds. The number of hydrogen-bond acceptors (Lipinski definition) is 3. The molecule has 0 radical (unpaired) electrons. The zero-order valence-corrected chi connectivity index (χ0v) is 14.0. The number of hydrogen-bond donors (Lipinski definition) is 1. The molecular formula is C18H28N2O2. The second-order valence-electron chi connectivity index (χ2n) is 6.41. The van der Waals surface area contributed by atoms with E-state index in [1.165, 1.54) is 12.8 Å². The van der Waals surface area contributed by atoms with Crippen molar-refractivity contribution >= 4 is 5.91 Å². The molecule has 1 aromatic rings. The van der Waals surface area contributed by atoms with E-state index >= 15 is 0 Å². The summed E-state index contributed by atoms with van der Waals surface area (Å²) >= 11 is 0. The van der Waals surface area contributed by atoms with Crippen LogP contribution in [0.4, 0.5) is 0 Å². The summed E-state index contributed by atoms with van der Waals surface area (Å²) in [5, 5.41) is 10.2. The summed E-state index contributed by atoms with van der Waals surface area (Å²) in [7, 11) is 3.54. The lowest BCUT2D eigenvalue weighted by Gasteiger charge is -2.38. The summed E-state index contributed by atoms with van der Waals surface area (Å²) in [6.07, 6.45) is 3.97. The maximum Gasteiger partial charge on any atom is 0.253 e. The number of piperidine rings is 1. The summed E-state index contributed by atoms with van der Waals surface area (Å²) < 4.78 is 0. The number of carbonyl (C=O) groups excluding carboxylic acids is 1. The maximum atomic E-state index is 12.1. The topological polar surface area (TPSA) is 43.8 Å². The minimum absolute atomic E-state index is 0.0330. The Morgan fingerprint density at radius 2 is 2.18 bits per heavy atom. The molecular weight excluding hydrogens is 276 g/mol. The first-order valence-corrected chi connectivity index (χ1v) is 8.25. The molecule has 0 spiro atoms. The van der Waals surface area contributed by atoms with Crippen LogP contribution in [-0.4, -0.2) is 53.6 Å². The Balaban J connectivity index is 2.11. The van der Waals surface area contributed by atoms with Gasteiger partial charge < -0.3 is 10.0 Å². The third kappa shape index (κ3) is 4.08. The molecule has 1 aliphatic rings. The third-order valence-corrected chi connectivity index (χ3v) is 4.49. The molecule has 122 valence electrons. The lowest BCUT2D eigenvalue weighted by Crippen LogP contribution is -2.46. The highest BCUT2D eigenvalue weighted by Gasteiger charge is 2.27. The molecule has 22 heavy (non-hydrogen) atoms. The van der Waals surface area contributed by atoms with Gasteiger partial charge in [0.05, 0.1) is 6.10 Å². The van der Waals surface area contributed by atoms with E-state index in [1.54, 1.807) is 19.0 Å². The van der Waals surface area contributed by atoms with Crippen molar-refractivity contribution in [2.24, 2.45) is 0 Å². The number of rotatable bonds is 5. The van der Waals surface area contributed by atoms with Crippen molar-refractivity contribution < 1.29 is 9.90 Å². The van der Waals surface area contributed by atoms with E-state index < -0.39 is 0 Å². The van der Waals surface area contributed by atoms with Gasteiger partial charge in [0.1, 0.15) is 0 Å². The molecule has 4 nitrogen and oxygen atoms in total. The second kappa shape index (κ2) is 7.75. The van der Waals surface area contributed by atoms with Crippen LogP contribution < -0.4 is 0 Å². The van der Waals surface area contributed by atoms with Gasteiger partial charge >= 0.3 is 0 Å². The van der Waals surface area contributed by atoms with E-state index in [2.05, 4.69) is 11.0 Å². The van der Waals surface area contributed by atoms with Crippen molar-refractivity contribution in [3.63, 3.8) is 0 Å². The molecule has 1 heterocycles. The fraction of sp³-hybridized carbons (Fsp3) is 0.611.